The van der Waals surface area contributed by atoms with Crippen molar-refractivity contribution in [3.63, 3.8) is 0 Å². The molecule has 0 bridgehead atoms. The number of nitrogens with zero attached hydrogens (tertiary/aromatic N) is 2. The molecule has 1 aliphatic rings. The largest absolute Gasteiger partial charge is 1.00 e. The summed E-state index contributed by atoms with van der Waals surface area (Å²) in [5.41, 5.74) is 0. The third-order valence-corrected chi connectivity index (χ3v) is 1.43. The number of hydrogen-bond donors (Lipinski definition) is 0. The van der Waals surface area contributed by atoms with Gasteiger partial charge in [-0.25, -0.2) is 0 Å². The summed E-state index contributed by atoms with van der Waals surface area (Å²) in [7, 11) is 0. The van der Waals surface area contributed by atoms with Crippen LogP contribution in [0.4, 0.5) is 0 Å². The van der Waals surface area contributed by atoms with Crippen molar-refractivity contribution < 1.29 is 78.9 Å². The number of amidine groups is 1. The minimum absolute atomic E-state index is 0. The van der Waals surface area contributed by atoms with Gasteiger partial charge in [0.25, 0.3) is 0 Å². The third kappa shape index (κ3) is 4.77. The maximum atomic E-state index is 10.3. The zero-order valence-electron chi connectivity index (χ0n) is 8.15. The van der Waals surface area contributed by atoms with Crippen LogP contribution in [0, 0.1) is 0 Å². The fourth-order valence-electron chi connectivity index (χ4n) is 0.986. The predicted octanol–water partition coefficient (Wildman–Crippen LogP) is -9.79. The molecule has 0 aromatic carbocycles. The number of aliphatic imine (C=N–C) groups is 1. The van der Waals surface area contributed by atoms with Gasteiger partial charge in [-0.3, -0.25) is 4.99 Å². The van der Waals surface area contributed by atoms with Crippen molar-refractivity contribution in [2.24, 2.45) is 4.99 Å². The average Bonchev–Trinajstić information content (AvgIpc) is 2.33. The zero-order valence-corrected chi connectivity index (χ0v) is 12.1. The van der Waals surface area contributed by atoms with Crippen LogP contribution >= 0.6 is 0 Å². The van der Waals surface area contributed by atoms with Crippen LogP contribution in [-0.4, -0.2) is 42.3 Å². The first-order valence-electron chi connectivity index (χ1n) is 3.32. The Balaban J connectivity index is 0. The molecule has 66 valence electrons. The molecular formula is C6H6N2Na2O4. The van der Waals surface area contributed by atoms with E-state index in [1.807, 2.05) is 0 Å². The molecule has 1 heterocycles. The standard InChI is InChI=1S/C6H8N2O4.2Na/c9-4(10)3-8-2-1-7-5(8)6(11)12;;/h1-3H2,(H,9,10)(H,11,12);;/q;2*+1/p-2. The monoisotopic (exact) mass is 216 g/mol. The van der Waals surface area contributed by atoms with Crippen molar-refractivity contribution in [3.8, 4) is 0 Å². The van der Waals surface area contributed by atoms with E-state index in [2.05, 4.69) is 4.99 Å². The Kier molecular flexibility index (Phi) is 9.22. The van der Waals surface area contributed by atoms with Crippen LogP contribution in [0.1, 0.15) is 0 Å². The molecule has 0 atom stereocenters. The number of aliphatic carboxylic acids is 2. The van der Waals surface area contributed by atoms with Crippen molar-refractivity contribution in [1.82, 2.24) is 4.90 Å². The minimum Gasteiger partial charge on any atom is -0.548 e. The molecule has 0 amide bonds. The Bertz CT molecular complexity index is 256. The van der Waals surface area contributed by atoms with E-state index in [0.717, 1.165) is 4.90 Å². The molecule has 0 saturated carbocycles. The van der Waals surface area contributed by atoms with Gasteiger partial charge in [0, 0.05) is 6.54 Å². The molecule has 0 aromatic rings. The summed E-state index contributed by atoms with van der Waals surface area (Å²) in [4.78, 5) is 25.1. The van der Waals surface area contributed by atoms with Crippen molar-refractivity contribution in [2.45, 2.75) is 0 Å². The SMILES string of the molecule is O=C([O-])CN1CCN=C1C(=O)[O-].[Na+].[Na+]. The predicted molar refractivity (Wildman–Crippen MR) is 33.9 cm³/mol. The second kappa shape index (κ2) is 7.67. The van der Waals surface area contributed by atoms with E-state index < -0.39 is 18.5 Å². The van der Waals surface area contributed by atoms with E-state index in [1.54, 1.807) is 0 Å². The molecule has 0 spiro atoms. The molecule has 0 aliphatic carbocycles. The molecule has 0 N–H and O–H groups in total. The fourth-order valence-corrected chi connectivity index (χ4v) is 0.986. The first kappa shape index (κ1) is 16.8. The van der Waals surface area contributed by atoms with Crippen LogP contribution in [-0.2, 0) is 9.59 Å². The summed E-state index contributed by atoms with van der Waals surface area (Å²) >= 11 is 0. The Labute approximate surface area is 125 Å². The van der Waals surface area contributed by atoms with E-state index >= 15 is 0 Å². The Morgan fingerprint density at radius 1 is 1.36 bits per heavy atom. The smallest absolute Gasteiger partial charge is 0.548 e. The Morgan fingerprint density at radius 3 is 2.36 bits per heavy atom. The molecule has 1 aliphatic heterocycles. The van der Waals surface area contributed by atoms with Gasteiger partial charge in [-0.1, -0.05) is 0 Å². The molecule has 1 rings (SSSR count). The summed E-state index contributed by atoms with van der Waals surface area (Å²) in [5, 5.41) is 20.4. The van der Waals surface area contributed by atoms with Crippen LogP contribution in [0.3, 0.4) is 0 Å². The van der Waals surface area contributed by atoms with Crippen molar-refractivity contribution >= 4 is 17.8 Å². The summed E-state index contributed by atoms with van der Waals surface area (Å²) in [6.07, 6.45) is 0. The van der Waals surface area contributed by atoms with E-state index in [4.69, 9.17) is 0 Å². The molecular weight excluding hydrogens is 210 g/mol. The zero-order chi connectivity index (χ0) is 9.14. The van der Waals surface area contributed by atoms with Gasteiger partial charge in [0.2, 0.25) is 0 Å². The topological polar surface area (TPSA) is 95.9 Å². The van der Waals surface area contributed by atoms with Gasteiger partial charge in [0.15, 0.2) is 0 Å². The van der Waals surface area contributed by atoms with Crippen LogP contribution in [0.5, 0.6) is 0 Å². The van der Waals surface area contributed by atoms with E-state index in [9.17, 15) is 19.8 Å². The van der Waals surface area contributed by atoms with E-state index in [0.29, 0.717) is 0 Å². The van der Waals surface area contributed by atoms with E-state index in [-0.39, 0.29) is 78.0 Å². The van der Waals surface area contributed by atoms with Gasteiger partial charge >= 0.3 is 59.1 Å². The second-order valence-corrected chi connectivity index (χ2v) is 2.29. The molecule has 0 unspecified atom stereocenters. The maximum absolute atomic E-state index is 10.3. The Hall–Kier alpha value is 0.410. The van der Waals surface area contributed by atoms with Crippen molar-refractivity contribution in [3.05, 3.63) is 0 Å². The first-order valence-corrected chi connectivity index (χ1v) is 3.32. The number of rotatable bonds is 3. The molecule has 8 heteroatoms. The number of carbonyl (C=O) groups is 2. The fraction of sp³-hybridized carbons (Fsp3) is 0.500. The molecule has 0 aromatic heterocycles. The number of carboxylic acids is 2. The number of hydrogen-bond acceptors (Lipinski definition) is 6. The molecule has 6 nitrogen and oxygen atoms in total. The Morgan fingerprint density at radius 2 is 1.93 bits per heavy atom. The normalized spacial score (nSPS) is 13.7. The van der Waals surface area contributed by atoms with Gasteiger partial charge < -0.3 is 24.7 Å². The molecule has 0 fully saturated rings. The summed E-state index contributed by atoms with van der Waals surface area (Å²) in [6.45, 7) is 0.126. The molecule has 0 radical (unpaired) electrons. The van der Waals surface area contributed by atoms with E-state index in [1.165, 1.54) is 0 Å². The molecule has 14 heavy (non-hydrogen) atoms. The van der Waals surface area contributed by atoms with Crippen LogP contribution in [0.15, 0.2) is 4.99 Å². The number of carboxylic acid groups (broad SMARTS) is 2. The summed E-state index contributed by atoms with van der Waals surface area (Å²) in [6, 6.07) is 0. The van der Waals surface area contributed by atoms with Gasteiger partial charge in [0.05, 0.1) is 19.1 Å². The van der Waals surface area contributed by atoms with Crippen molar-refractivity contribution in [1.29, 1.82) is 0 Å². The van der Waals surface area contributed by atoms with Gasteiger partial charge in [-0.2, -0.15) is 0 Å². The van der Waals surface area contributed by atoms with Gasteiger partial charge in [0.1, 0.15) is 11.8 Å². The minimum atomic E-state index is -1.45. The number of carbonyl (C=O) groups excluding carboxylic acids is 2. The third-order valence-electron chi connectivity index (χ3n) is 1.43. The second-order valence-electron chi connectivity index (χ2n) is 2.29. The van der Waals surface area contributed by atoms with Crippen molar-refractivity contribution in [2.75, 3.05) is 19.6 Å². The van der Waals surface area contributed by atoms with Gasteiger partial charge in [-0.15, -0.1) is 0 Å². The summed E-state index contributed by atoms with van der Waals surface area (Å²) < 4.78 is 0. The average molecular weight is 216 g/mol. The van der Waals surface area contributed by atoms with Crippen LogP contribution in [0.25, 0.3) is 0 Å². The van der Waals surface area contributed by atoms with Gasteiger partial charge in [-0.05, 0) is 0 Å². The van der Waals surface area contributed by atoms with Crippen LogP contribution in [0.2, 0.25) is 0 Å². The first-order chi connectivity index (χ1) is 5.61. The van der Waals surface area contributed by atoms with Crippen LogP contribution < -0.4 is 69.3 Å². The molecule has 0 saturated heterocycles. The quantitative estimate of drug-likeness (QED) is 0.436. The maximum Gasteiger partial charge on any atom is 1.00 e. The summed E-state index contributed by atoms with van der Waals surface area (Å²) in [5.74, 6) is -3.08.